The fraction of sp³-hybridized carbons (Fsp3) is 0.467. The average Bonchev–Trinajstić information content (AvgIpc) is 2.81. The van der Waals surface area contributed by atoms with Crippen LogP contribution in [0.15, 0.2) is 24.3 Å². The Morgan fingerprint density at radius 1 is 1.30 bits per heavy atom. The smallest absolute Gasteiger partial charge is 0.241 e. The molecule has 0 spiro atoms. The van der Waals surface area contributed by atoms with Crippen LogP contribution in [0.1, 0.15) is 17.9 Å². The van der Waals surface area contributed by atoms with E-state index in [4.69, 9.17) is 0 Å². The van der Waals surface area contributed by atoms with Crippen molar-refractivity contribution in [1.29, 1.82) is 0 Å². The largest absolute Gasteiger partial charge is 0.384 e. The summed E-state index contributed by atoms with van der Waals surface area (Å²) in [7, 11) is 1.79. The Balaban J connectivity index is 1.78. The summed E-state index contributed by atoms with van der Waals surface area (Å²) in [4.78, 5) is 28.0. The van der Waals surface area contributed by atoms with Gasteiger partial charge in [0.05, 0.1) is 12.5 Å². The molecule has 1 saturated heterocycles. The third-order valence-corrected chi connectivity index (χ3v) is 4.12. The van der Waals surface area contributed by atoms with Gasteiger partial charge < -0.3 is 15.1 Å². The van der Waals surface area contributed by atoms with E-state index in [0.29, 0.717) is 13.1 Å². The van der Waals surface area contributed by atoms with Crippen LogP contribution < -0.4 is 5.32 Å². The van der Waals surface area contributed by atoms with Gasteiger partial charge in [-0.2, -0.15) is 0 Å². The molecule has 2 aliphatic heterocycles. The van der Waals surface area contributed by atoms with Gasteiger partial charge in [0, 0.05) is 32.4 Å². The number of nitrogens with one attached hydrogen (secondary N) is 1. The number of amides is 2. The summed E-state index contributed by atoms with van der Waals surface area (Å²) < 4.78 is 0. The minimum atomic E-state index is -0.164. The second-order valence-electron chi connectivity index (χ2n) is 5.45. The van der Waals surface area contributed by atoms with Gasteiger partial charge >= 0.3 is 0 Å². The van der Waals surface area contributed by atoms with Gasteiger partial charge in [0.1, 0.15) is 0 Å². The van der Waals surface area contributed by atoms with Crippen LogP contribution in [0.5, 0.6) is 0 Å². The number of para-hydroxylation sites is 1. The summed E-state index contributed by atoms with van der Waals surface area (Å²) >= 11 is 0. The molecule has 0 aromatic heterocycles. The number of hydrogen-bond acceptors (Lipinski definition) is 3. The highest BCUT2D eigenvalue weighted by Crippen LogP contribution is 2.32. The van der Waals surface area contributed by atoms with Gasteiger partial charge in [-0.1, -0.05) is 18.2 Å². The van der Waals surface area contributed by atoms with Crippen LogP contribution in [0.4, 0.5) is 5.69 Å². The molecule has 106 valence electrons. The first-order chi connectivity index (χ1) is 9.66. The lowest BCUT2D eigenvalue weighted by molar-refractivity contribution is -0.138. The topological polar surface area (TPSA) is 52.6 Å². The van der Waals surface area contributed by atoms with E-state index in [2.05, 4.69) is 5.32 Å². The molecule has 0 saturated carbocycles. The van der Waals surface area contributed by atoms with E-state index in [1.165, 1.54) is 0 Å². The molecule has 0 aliphatic carbocycles. The van der Waals surface area contributed by atoms with Gasteiger partial charge in [-0.3, -0.25) is 9.59 Å². The van der Waals surface area contributed by atoms with Crippen molar-refractivity contribution >= 4 is 17.5 Å². The number of likely N-dealkylation sites (N-methyl/N-ethyl adjacent to an activating group) is 1. The van der Waals surface area contributed by atoms with Crippen molar-refractivity contribution in [2.24, 2.45) is 0 Å². The molecule has 1 fully saturated rings. The van der Waals surface area contributed by atoms with E-state index in [0.717, 1.165) is 24.2 Å². The maximum absolute atomic E-state index is 12.7. The van der Waals surface area contributed by atoms with Crippen molar-refractivity contribution in [2.45, 2.75) is 12.3 Å². The maximum atomic E-state index is 12.7. The number of benzene rings is 1. The summed E-state index contributed by atoms with van der Waals surface area (Å²) in [6.07, 6.45) is 0.843. The van der Waals surface area contributed by atoms with Crippen molar-refractivity contribution in [3.63, 3.8) is 0 Å². The molecule has 1 N–H and O–H groups in total. The normalized spacial score (nSPS) is 22.2. The Morgan fingerprint density at radius 2 is 2.10 bits per heavy atom. The van der Waals surface area contributed by atoms with Crippen LogP contribution in [0.3, 0.4) is 0 Å². The maximum Gasteiger partial charge on any atom is 0.241 e. The lowest BCUT2D eigenvalue weighted by atomic mass is 10.00. The highest BCUT2D eigenvalue weighted by Gasteiger charge is 2.33. The molecule has 3 rings (SSSR count). The Labute approximate surface area is 118 Å². The zero-order valence-electron chi connectivity index (χ0n) is 11.6. The fourth-order valence-electron chi connectivity index (χ4n) is 2.90. The zero-order valence-corrected chi connectivity index (χ0v) is 11.6. The first-order valence-corrected chi connectivity index (χ1v) is 7.02. The summed E-state index contributed by atoms with van der Waals surface area (Å²) in [5.74, 6) is -0.0800. The van der Waals surface area contributed by atoms with Gasteiger partial charge in [-0.05, 0) is 18.1 Å². The molecule has 20 heavy (non-hydrogen) atoms. The fourth-order valence-corrected chi connectivity index (χ4v) is 2.90. The lowest BCUT2D eigenvalue weighted by Crippen LogP contribution is -2.40. The number of carbonyl (C=O) groups excluding carboxylic acids is 2. The minimum absolute atomic E-state index is 0.0232. The number of hydrogen-bond donors (Lipinski definition) is 1. The SMILES string of the molecule is CN1CCCN(C(=O)C2CNc3ccccc32)CC1=O. The van der Waals surface area contributed by atoms with Crippen LogP contribution in [-0.4, -0.2) is 54.8 Å². The molecule has 1 aromatic rings. The van der Waals surface area contributed by atoms with Gasteiger partial charge in [-0.25, -0.2) is 0 Å². The highest BCUT2D eigenvalue weighted by atomic mass is 16.2. The van der Waals surface area contributed by atoms with E-state index in [-0.39, 0.29) is 24.3 Å². The molecule has 2 aliphatic rings. The second kappa shape index (κ2) is 5.15. The van der Waals surface area contributed by atoms with Crippen LogP contribution in [0.25, 0.3) is 0 Å². The van der Waals surface area contributed by atoms with Crippen molar-refractivity contribution < 1.29 is 9.59 Å². The van der Waals surface area contributed by atoms with Crippen molar-refractivity contribution in [3.05, 3.63) is 29.8 Å². The van der Waals surface area contributed by atoms with Gasteiger partial charge in [-0.15, -0.1) is 0 Å². The third kappa shape index (κ3) is 2.24. The molecule has 0 bridgehead atoms. The lowest BCUT2D eigenvalue weighted by Gasteiger charge is -2.23. The first-order valence-electron chi connectivity index (χ1n) is 7.02. The van der Waals surface area contributed by atoms with Gasteiger partial charge in [0.15, 0.2) is 0 Å². The third-order valence-electron chi connectivity index (χ3n) is 4.12. The number of rotatable bonds is 1. The van der Waals surface area contributed by atoms with E-state index < -0.39 is 0 Å². The van der Waals surface area contributed by atoms with Crippen LogP contribution >= 0.6 is 0 Å². The number of nitrogens with zero attached hydrogens (tertiary/aromatic N) is 2. The molecular formula is C15H19N3O2. The number of anilines is 1. The van der Waals surface area contributed by atoms with Gasteiger partial charge in [0.25, 0.3) is 0 Å². The monoisotopic (exact) mass is 273 g/mol. The Kier molecular flexibility index (Phi) is 3.34. The number of fused-ring (bicyclic) bond motifs is 1. The molecule has 1 aromatic carbocycles. The molecule has 2 heterocycles. The predicted octanol–water partition coefficient (Wildman–Crippen LogP) is 0.886. The van der Waals surface area contributed by atoms with E-state index in [1.54, 1.807) is 16.8 Å². The molecule has 1 atom stereocenters. The van der Waals surface area contributed by atoms with Crippen LogP contribution in [-0.2, 0) is 9.59 Å². The predicted molar refractivity (Wildman–Crippen MR) is 76.5 cm³/mol. The molecule has 2 amide bonds. The Bertz CT molecular complexity index is 544. The van der Waals surface area contributed by atoms with E-state index in [9.17, 15) is 9.59 Å². The van der Waals surface area contributed by atoms with Crippen molar-refractivity contribution in [2.75, 3.05) is 38.5 Å². The minimum Gasteiger partial charge on any atom is -0.384 e. The zero-order chi connectivity index (χ0) is 14.1. The van der Waals surface area contributed by atoms with Crippen molar-refractivity contribution in [1.82, 2.24) is 9.80 Å². The Hall–Kier alpha value is -2.04. The highest BCUT2D eigenvalue weighted by molar-refractivity contribution is 5.91. The van der Waals surface area contributed by atoms with E-state index in [1.807, 2.05) is 24.3 Å². The quantitative estimate of drug-likeness (QED) is 0.826. The number of carbonyl (C=O) groups is 2. The molecule has 0 radical (unpaired) electrons. The summed E-state index contributed by atoms with van der Waals surface area (Å²) in [5, 5.41) is 3.26. The summed E-state index contributed by atoms with van der Waals surface area (Å²) in [6, 6.07) is 7.89. The van der Waals surface area contributed by atoms with E-state index >= 15 is 0 Å². The van der Waals surface area contributed by atoms with Crippen LogP contribution in [0, 0.1) is 0 Å². The average molecular weight is 273 g/mol. The first kappa shape index (κ1) is 13.0. The molecular weight excluding hydrogens is 254 g/mol. The van der Waals surface area contributed by atoms with Crippen molar-refractivity contribution in [3.8, 4) is 0 Å². The Morgan fingerprint density at radius 3 is 2.95 bits per heavy atom. The standard InChI is InChI=1S/C15H19N3O2/c1-17-7-4-8-18(10-14(17)19)15(20)12-9-16-13-6-3-2-5-11(12)13/h2-3,5-6,12,16H,4,7-10H2,1H3. The molecule has 1 unspecified atom stereocenters. The molecule has 5 nitrogen and oxygen atoms in total. The summed E-state index contributed by atoms with van der Waals surface area (Å²) in [5.41, 5.74) is 2.08. The molecule has 5 heteroatoms. The van der Waals surface area contributed by atoms with Gasteiger partial charge in [0.2, 0.25) is 11.8 Å². The van der Waals surface area contributed by atoms with Crippen LogP contribution in [0.2, 0.25) is 0 Å². The second-order valence-corrected chi connectivity index (χ2v) is 5.45. The summed E-state index contributed by atoms with van der Waals surface area (Å²) in [6.45, 7) is 2.21.